The maximum absolute atomic E-state index is 13.7. The minimum Gasteiger partial charge on any atom is -0.441 e. The van der Waals surface area contributed by atoms with Gasteiger partial charge in [0.1, 0.15) is 17.5 Å². The normalized spacial score (nSPS) is 19.1. The molecule has 4 rings (SSSR count). The van der Waals surface area contributed by atoms with Gasteiger partial charge in [0.15, 0.2) is 0 Å². The van der Waals surface area contributed by atoms with Gasteiger partial charge in [-0.05, 0) is 29.8 Å². The molecule has 2 atom stereocenters. The second kappa shape index (κ2) is 5.56. The van der Waals surface area contributed by atoms with Crippen LogP contribution in [0.3, 0.4) is 0 Å². The topological polar surface area (TPSA) is 89.7 Å². The number of benzene rings is 2. The summed E-state index contributed by atoms with van der Waals surface area (Å²) in [6, 6.07) is 14.8. The van der Waals surface area contributed by atoms with Crippen LogP contribution in [-0.4, -0.2) is 10.9 Å². The van der Waals surface area contributed by atoms with Crippen molar-refractivity contribution in [3.63, 3.8) is 0 Å². The van der Waals surface area contributed by atoms with Crippen LogP contribution in [0.1, 0.15) is 17.0 Å². The molecular weight excluding hydrogens is 321 g/mol. The maximum Gasteiger partial charge on any atom is 0.256 e. The summed E-state index contributed by atoms with van der Waals surface area (Å²) >= 11 is 0. The fourth-order valence-electron chi connectivity index (χ4n) is 3.30. The first kappa shape index (κ1) is 15.1. The molecular formula is C19H12FN3O2. The molecule has 0 spiro atoms. The van der Waals surface area contributed by atoms with Crippen molar-refractivity contribution in [3.8, 4) is 11.8 Å². The molecule has 2 unspecified atom stereocenters. The zero-order valence-electron chi connectivity index (χ0n) is 12.9. The lowest BCUT2D eigenvalue weighted by Gasteiger charge is -2.30. The summed E-state index contributed by atoms with van der Waals surface area (Å²) in [5, 5.41) is 18.3. The van der Waals surface area contributed by atoms with E-state index >= 15 is 0 Å². The number of ether oxygens (including phenoxy) is 1. The van der Waals surface area contributed by atoms with Crippen LogP contribution in [0.25, 0.3) is 10.9 Å². The van der Waals surface area contributed by atoms with E-state index < -0.39 is 23.2 Å². The molecule has 122 valence electrons. The van der Waals surface area contributed by atoms with Crippen LogP contribution in [0.4, 0.5) is 4.39 Å². The maximum atomic E-state index is 13.7. The number of H-pyrrole nitrogens is 1. The average molecular weight is 333 g/mol. The third kappa shape index (κ3) is 2.29. The molecule has 1 aromatic heterocycles. The van der Waals surface area contributed by atoms with Crippen LogP contribution in [0.15, 0.2) is 53.3 Å². The number of nitrogens with zero attached hydrogens (tertiary/aromatic N) is 1. The Hall–Kier alpha value is -3.46. The first-order valence-electron chi connectivity index (χ1n) is 7.66. The Labute approximate surface area is 141 Å². The van der Waals surface area contributed by atoms with E-state index in [2.05, 4.69) is 4.98 Å². The number of aromatic nitrogens is 1. The molecule has 25 heavy (non-hydrogen) atoms. The molecule has 1 aliphatic heterocycles. The van der Waals surface area contributed by atoms with Gasteiger partial charge < -0.3 is 9.72 Å². The van der Waals surface area contributed by atoms with Crippen LogP contribution in [0, 0.1) is 28.5 Å². The average Bonchev–Trinajstić information content (AvgIpc) is 2.60. The van der Waals surface area contributed by atoms with E-state index in [1.54, 1.807) is 30.3 Å². The van der Waals surface area contributed by atoms with Gasteiger partial charge in [0, 0.05) is 11.3 Å². The highest BCUT2D eigenvalue weighted by atomic mass is 19.1. The van der Waals surface area contributed by atoms with Crippen LogP contribution < -0.4 is 10.3 Å². The van der Waals surface area contributed by atoms with Crippen molar-refractivity contribution in [2.75, 3.05) is 0 Å². The second-order valence-electron chi connectivity index (χ2n) is 5.85. The van der Waals surface area contributed by atoms with E-state index in [0.29, 0.717) is 16.5 Å². The molecule has 3 aromatic rings. The minimum atomic E-state index is -1.00. The Balaban J connectivity index is 2.08. The Kier molecular flexibility index (Phi) is 3.36. The number of hydrogen-bond acceptors (Lipinski definition) is 4. The third-order valence-corrected chi connectivity index (χ3v) is 4.39. The zero-order chi connectivity index (χ0) is 17.6. The lowest BCUT2D eigenvalue weighted by atomic mass is 9.79. The van der Waals surface area contributed by atoms with E-state index in [9.17, 15) is 14.4 Å². The highest BCUT2D eigenvalue weighted by Crippen LogP contribution is 2.42. The van der Waals surface area contributed by atoms with Gasteiger partial charge >= 0.3 is 0 Å². The number of nitriles is 1. The zero-order valence-corrected chi connectivity index (χ0v) is 12.9. The second-order valence-corrected chi connectivity index (χ2v) is 5.85. The molecule has 5 nitrogen and oxygen atoms in total. The summed E-state index contributed by atoms with van der Waals surface area (Å²) in [6.45, 7) is 0. The van der Waals surface area contributed by atoms with Crippen LogP contribution in [0.2, 0.25) is 0 Å². The number of pyridine rings is 1. The number of halogens is 1. The number of fused-ring (bicyclic) bond motifs is 3. The monoisotopic (exact) mass is 333 g/mol. The molecule has 2 N–H and O–H groups in total. The Bertz CT molecular complexity index is 1110. The molecule has 2 aromatic carbocycles. The van der Waals surface area contributed by atoms with Crippen molar-refractivity contribution in [2.24, 2.45) is 5.92 Å². The summed E-state index contributed by atoms with van der Waals surface area (Å²) in [4.78, 5) is 15.5. The van der Waals surface area contributed by atoms with E-state index in [1.807, 2.05) is 6.07 Å². The van der Waals surface area contributed by atoms with Crippen molar-refractivity contribution in [1.29, 1.82) is 10.7 Å². The van der Waals surface area contributed by atoms with Gasteiger partial charge in [0.05, 0.1) is 17.1 Å². The standard InChI is InChI=1S/C19H12FN3O2/c20-11-5-3-4-10(8-11)15-13(9-21)18(22)25-17-12-6-1-2-7-14(12)23-19(24)16(15)17/h1-8,13,15,22H,(H,23,24). The molecule has 0 fully saturated rings. The predicted molar refractivity (Wildman–Crippen MR) is 90.3 cm³/mol. The number of aromatic amines is 1. The van der Waals surface area contributed by atoms with Gasteiger partial charge in [-0.2, -0.15) is 5.26 Å². The van der Waals surface area contributed by atoms with Crippen molar-refractivity contribution < 1.29 is 9.13 Å². The largest absolute Gasteiger partial charge is 0.441 e. The van der Waals surface area contributed by atoms with Crippen LogP contribution in [0.5, 0.6) is 5.75 Å². The smallest absolute Gasteiger partial charge is 0.256 e. The Morgan fingerprint density at radius 3 is 2.76 bits per heavy atom. The predicted octanol–water partition coefficient (Wildman–Crippen LogP) is 3.31. The van der Waals surface area contributed by atoms with E-state index in [-0.39, 0.29) is 17.2 Å². The number of nitrogens with one attached hydrogen (secondary N) is 2. The van der Waals surface area contributed by atoms with Crippen LogP contribution in [-0.2, 0) is 0 Å². The van der Waals surface area contributed by atoms with Crippen molar-refractivity contribution in [3.05, 3.63) is 75.8 Å². The van der Waals surface area contributed by atoms with Gasteiger partial charge in [-0.25, -0.2) is 4.39 Å². The Morgan fingerprint density at radius 1 is 1.20 bits per heavy atom. The highest BCUT2D eigenvalue weighted by molar-refractivity contribution is 5.93. The number of rotatable bonds is 1. The lowest BCUT2D eigenvalue weighted by molar-refractivity contribution is 0.451. The first-order chi connectivity index (χ1) is 12.1. The Morgan fingerprint density at radius 2 is 2.00 bits per heavy atom. The summed E-state index contributed by atoms with van der Waals surface area (Å²) in [6.07, 6.45) is 0. The van der Waals surface area contributed by atoms with Crippen molar-refractivity contribution in [1.82, 2.24) is 4.98 Å². The van der Waals surface area contributed by atoms with Gasteiger partial charge in [-0.1, -0.05) is 24.3 Å². The first-order valence-corrected chi connectivity index (χ1v) is 7.66. The van der Waals surface area contributed by atoms with E-state index in [0.717, 1.165) is 0 Å². The van der Waals surface area contributed by atoms with Gasteiger partial charge in [-0.15, -0.1) is 0 Å². The summed E-state index contributed by atoms with van der Waals surface area (Å²) in [7, 11) is 0. The fourth-order valence-corrected chi connectivity index (χ4v) is 3.30. The van der Waals surface area contributed by atoms with Gasteiger partial charge in [0.2, 0.25) is 5.90 Å². The molecule has 2 heterocycles. The summed E-state index contributed by atoms with van der Waals surface area (Å²) < 4.78 is 19.3. The molecule has 0 aliphatic carbocycles. The molecule has 1 aliphatic rings. The van der Waals surface area contributed by atoms with E-state index in [1.165, 1.54) is 18.2 Å². The molecule has 0 amide bonds. The molecule has 0 bridgehead atoms. The van der Waals surface area contributed by atoms with E-state index in [4.69, 9.17) is 10.1 Å². The SMILES string of the molecule is N#CC1C(=N)Oc2c(c(=O)[nH]c3ccccc23)C1c1cccc(F)c1. The minimum absolute atomic E-state index is 0.242. The van der Waals surface area contributed by atoms with Crippen molar-refractivity contribution >= 4 is 16.8 Å². The van der Waals surface area contributed by atoms with Crippen molar-refractivity contribution in [2.45, 2.75) is 5.92 Å². The van der Waals surface area contributed by atoms with Crippen LogP contribution >= 0.6 is 0 Å². The number of hydrogen-bond donors (Lipinski definition) is 2. The molecule has 6 heteroatoms. The highest BCUT2D eigenvalue weighted by Gasteiger charge is 2.39. The molecule has 0 saturated carbocycles. The van der Waals surface area contributed by atoms with Gasteiger partial charge in [0.25, 0.3) is 5.56 Å². The fraction of sp³-hybridized carbons (Fsp3) is 0.105. The summed E-state index contributed by atoms with van der Waals surface area (Å²) in [5.74, 6) is -2.24. The molecule has 0 saturated heterocycles. The molecule has 0 radical (unpaired) electrons. The van der Waals surface area contributed by atoms with Gasteiger partial charge in [-0.3, -0.25) is 10.2 Å². The summed E-state index contributed by atoms with van der Waals surface area (Å²) in [5.41, 5.74) is 0.872. The lowest BCUT2D eigenvalue weighted by Crippen LogP contribution is -2.35. The third-order valence-electron chi connectivity index (χ3n) is 4.39. The number of para-hydroxylation sites is 1. The quantitative estimate of drug-likeness (QED) is 0.716.